The van der Waals surface area contributed by atoms with Crippen molar-refractivity contribution in [3.63, 3.8) is 0 Å². The van der Waals surface area contributed by atoms with Gasteiger partial charge in [-0.15, -0.1) is 11.3 Å². The Morgan fingerprint density at radius 2 is 2.20 bits per heavy atom. The Bertz CT molecular complexity index is 578. The van der Waals surface area contributed by atoms with E-state index < -0.39 is 0 Å². The number of likely N-dealkylation sites (N-methyl/N-ethyl adjacent to an activating group) is 1. The first-order chi connectivity index (χ1) is 9.81. The van der Waals surface area contributed by atoms with Gasteiger partial charge >= 0.3 is 0 Å². The molecule has 2 atom stereocenters. The van der Waals surface area contributed by atoms with Gasteiger partial charge in [0.25, 0.3) is 0 Å². The molecule has 3 rings (SSSR count). The molecular weight excluding hydrogens is 286 g/mol. The van der Waals surface area contributed by atoms with Crippen molar-refractivity contribution in [1.29, 1.82) is 0 Å². The van der Waals surface area contributed by atoms with Crippen LogP contribution in [0.5, 0.6) is 0 Å². The Morgan fingerprint density at radius 3 is 2.95 bits per heavy atom. The third-order valence-corrected chi connectivity index (χ3v) is 5.61. The number of halogens is 1. The van der Waals surface area contributed by atoms with E-state index >= 15 is 0 Å². The maximum Gasteiger partial charge on any atom is 0.0561 e. The number of thiophene rings is 1. The standard InChI is InChI=1S/C17H20ClNS/c1-2-19-16(17-15(18)10-11-20-17)14-9-5-7-12-6-3-4-8-13(12)14/h3-4,6,8,10-11,14,16,19H,2,5,7,9H2,1H3. The summed E-state index contributed by atoms with van der Waals surface area (Å²) in [5, 5.41) is 6.66. The lowest BCUT2D eigenvalue weighted by Gasteiger charge is -2.32. The molecule has 1 N–H and O–H groups in total. The minimum Gasteiger partial charge on any atom is -0.309 e. The molecule has 1 aromatic heterocycles. The largest absolute Gasteiger partial charge is 0.309 e. The van der Waals surface area contributed by atoms with E-state index in [4.69, 9.17) is 11.6 Å². The summed E-state index contributed by atoms with van der Waals surface area (Å²) in [6.07, 6.45) is 3.72. The fourth-order valence-corrected chi connectivity index (χ4v) is 4.62. The molecule has 20 heavy (non-hydrogen) atoms. The van der Waals surface area contributed by atoms with Crippen molar-refractivity contribution >= 4 is 22.9 Å². The predicted molar refractivity (Wildman–Crippen MR) is 87.9 cm³/mol. The van der Waals surface area contributed by atoms with Gasteiger partial charge in [-0.3, -0.25) is 0 Å². The number of fused-ring (bicyclic) bond motifs is 1. The number of aryl methyl sites for hydroxylation is 1. The van der Waals surface area contributed by atoms with Crippen LogP contribution < -0.4 is 5.32 Å². The molecular formula is C17H20ClNS. The van der Waals surface area contributed by atoms with Crippen LogP contribution >= 0.6 is 22.9 Å². The molecule has 2 unspecified atom stereocenters. The van der Waals surface area contributed by atoms with Gasteiger partial charge in [-0.1, -0.05) is 42.8 Å². The quantitative estimate of drug-likeness (QED) is 0.821. The van der Waals surface area contributed by atoms with Crippen LogP contribution in [-0.2, 0) is 6.42 Å². The molecule has 3 heteroatoms. The van der Waals surface area contributed by atoms with E-state index in [1.807, 2.05) is 6.07 Å². The number of benzene rings is 1. The van der Waals surface area contributed by atoms with Crippen LogP contribution in [0.25, 0.3) is 0 Å². The number of hydrogen-bond acceptors (Lipinski definition) is 2. The predicted octanol–water partition coefficient (Wildman–Crippen LogP) is 5.17. The highest BCUT2D eigenvalue weighted by molar-refractivity contribution is 7.10. The Labute approximate surface area is 130 Å². The second kappa shape index (κ2) is 6.30. The first-order valence-electron chi connectivity index (χ1n) is 7.35. The maximum atomic E-state index is 6.39. The van der Waals surface area contributed by atoms with E-state index in [0.717, 1.165) is 11.6 Å². The zero-order valence-electron chi connectivity index (χ0n) is 11.7. The Balaban J connectivity index is 1.99. The average molecular weight is 306 g/mol. The van der Waals surface area contributed by atoms with Gasteiger partial charge in [0.2, 0.25) is 0 Å². The Kier molecular flexibility index (Phi) is 4.45. The van der Waals surface area contributed by atoms with E-state index in [1.54, 1.807) is 11.3 Å². The fourth-order valence-electron chi connectivity index (χ4n) is 3.30. The van der Waals surface area contributed by atoms with E-state index in [2.05, 4.69) is 41.9 Å². The minimum absolute atomic E-state index is 0.342. The zero-order chi connectivity index (χ0) is 13.9. The lowest BCUT2D eigenvalue weighted by atomic mass is 9.78. The number of hydrogen-bond donors (Lipinski definition) is 1. The number of rotatable bonds is 4. The normalized spacial score (nSPS) is 19.6. The highest BCUT2D eigenvalue weighted by Crippen LogP contribution is 2.43. The third kappa shape index (κ3) is 2.65. The molecule has 0 radical (unpaired) electrons. The van der Waals surface area contributed by atoms with E-state index in [1.165, 1.54) is 35.3 Å². The summed E-state index contributed by atoms with van der Waals surface area (Å²) in [5.41, 5.74) is 3.02. The van der Waals surface area contributed by atoms with Gasteiger partial charge in [-0.25, -0.2) is 0 Å². The van der Waals surface area contributed by atoms with Gasteiger partial charge in [-0.05, 0) is 48.4 Å². The molecule has 1 aliphatic carbocycles. The monoisotopic (exact) mass is 305 g/mol. The van der Waals surface area contributed by atoms with Crippen LogP contribution in [0.2, 0.25) is 5.02 Å². The van der Waals surface area contributed by atoms with Crippen LogP contribution in [0.1, 0.15) is 47.7 Å². The third-order valence-electron chi connectivity index (χ3n) is 4.17. The Morgan fingerprint density at radius 1 is 1.35 bits per heavy atom. The molecule has 2 aromatic rings. The summed E-state index contributed by atoms with van der Waals surface area (Å²) >= 11 is 8.16. The molecule has 1 nitrogen and oxygen atoms in total. The van der Waals surface area contributed by atoms with E-state index in [9.17, 15) is 0 Å². The van der Waals surface area contributed by atoms with Crippen LogP contribution in [0.15, 0.2) is 35.7 Å². The SMILES string of the molecule is CCNC(c1sccc1Cl)C1CCCc2ccccc21. The van der Waals surface area contributed by atoms with Crippen LogP contribution in [0, 0.1) is 0 Å². The van der Waals surface area contributed by atoms with Crippen molar-refractivity contribution in [2.24, 2.45) is 0 Å². The lowest BCUT2D eigenvalue weighted by Crippen LogP contribution is -2.28. The summed E-state index contributed by atoms with van der Waals surface area (Å²) in [6, 6.07) is 11.2. The molecule has 1 heterocycles. The highest BCUT2D eigenvalue weighted by Gasteiger charge is 2.30. The summed E-state index contributed by atoms with van der Waals surface area (Å²) in [7, 11) is 0. The van der Waals surface area contributed by atoms with E-state index in [-0.39, 0.29) is 0 Å². The topological polar surface area (TPSA) is 12.0 Å². The highest BCUT2D eigenvalue weighted by atomic mass is 35.5. The molecule has 1 aromatic carbocycles. The first-order valence-corrected chi connectivity index (χ1v) is 8.61. The molecule has 0 bridgehead atoms. The first kappa shape index (κ1) is 14.1. The van der Waals surface area contributed by atoms with Crippen molar-refractivity contribution in [2.45, 2.75) is 38.1 Å². The van der Waals surface area contributed by atoms with Crippen molar-refractivity contribution in [3.05, 3.63) is 56.7 Å². The summed E-state index contributed by atoms with van der Waals surface area (Å²) in [4.78, 5) is 1.29. The van der Waals surface area contributed by atoms with Crippen molar-refractivity contribution < 1.29 is 0 Å². The van der Waals surface area contributed by atoms with Gasteiger partial charge in [0.15, 0.2) is 0 Å². The molecule has 0 amide bonds. The maximum absolute atomic E-state index is 6.39. The zero-order valence-corrected chi connectivity index (χ0v) is 13.3. The molecule has 0 fully saturated rings. The molecule has 0 saturated heterocycles. The smallest absolute Gasteiger partial charge is 0.0561 e. The molecule has 0 aliphatic heterocycles. The van der Waals surface area contributed by atoms with Crippen molar-refractivity contribution in [1.82, 2.24) is 5.32 Å². The van der Waals surface area contributed by atoms with Crippen molar-refractivity contribution in [3.8, 4) is 0 Å². The van der Waals surface area contributed by atoms with E-state index in [0.29, 0.717) is 12.0 Å². The Hall–Kier alpha value is -0.830. The van der Waals surface area contributed by atoms with Crippen LogP contribution in [-0.4, -0.2) is 6.54 Å². The van der Waals surface area contributed by atoms with Crippen LogP contribution in [0.4, 0.5) is 0 Å². The van der Waals surface area contributed by atoms with Gasteiger partial charge in [0, 0.05) is 16.8 Å². The molecule has 1 aliphatic rings. The second-order valence-electron chi connectivity index (χ2n) is 5.37. The lowest BCUT2D eigenvalue weighted by molar-refractivity contribution is 0.414. The van der Waals surface area contributed by atoms with Gasteiger partial charge in [0.1, 0.15) is 0 Å². The van der Waals surface area contributed by atoms with Crippen molar-refractivity contribution in [2.75, 3.05) is 6.54 Å². The average Bonchev–Trinajstić information content (AvgIpc) is 2.90. The van der Waals surface area contributed by atoms with Gasteiger partial charge in [-0.2, -0.15) is 0 Å². The number of nitrogens with one attached hydrogen (secondary N) is 1. The second-order valence-corrected chi connectivity index (χ2v) is 6.72. The summed E-state index contributed by atoms with van der Waals surface area (Å²) in [5.74, 6) is 0.538. The van der Waals surface area contributed by atoms with Crippen LogP contribution in [0.3, 0.4) is 0 Å². The minimum atomic E-state index is 0.342. The van der Waals surface area contributed by atoms with Gasteiger partial charge < -0.3 is 5.32 Å². The van der Waals surface area contributed by atoms with Gasteiger partial charge in [0.05, 0.1) is 5.02 Å². The molecule has 106 valence electrons. The fraction of sp³-hybridized carbons (Fsp3) is 0.412. The molecule has 0 spiro atoms. The summed E-state index contributed by atoms with van der Waals surface area (Å²) < 4.78 is 0. The summed E-state index contributed by atoms with van der Waals surface area (Å²) in [6.45, 7) is 3.14. The molecule has 0 saturated carbocycles.